The van der Waals surface area contributed by atoms with Crippen LogP contribution in [0.25, 0.3) is 0 Å². The lowest BCUT2D eigenvalue weighted by Gasteiger charge is -2.46. The molecular weight excluding hydrogens is 224 g/mol. The van der Waals surface area contributed by atoms with Gasteiger partial charge in [0.2, 0.25) is 0 Å². The van der Waals surface area contributed by atoms with Gasteiger partial charge in [0.05, 0.1) is 11.5 Å². The molecule has 0 spiro atoms. The van der Waals surface area contributed by atoms with Gasteiger partial charge in [0.15, 0.2) is 9.84 Å². The van der Waals surface area contributed by atoms with E-state index in [9.17, 15) is 8.42 Å². The van der Waals surface area contributed by atoms with Gasteiger partial charge in [0, 0.05) is 30.7 Å². The second-order valence-corrected chi connectivity index (χ2v) is 7.83. The van der Waals surface area contributed by atoms with Crippen LogP contribution in [0, 0.1) is 0 Å². The number of hydrogen-bond donors (Lipinski definition) is 1. The van der Waals surface area contributed by atoms with E-state index in [1.807, 2.05) is 0 Å². The maximum atomic E-state index is 11.6. The molecule has 0 aromatic rings. The molecular formula is C11H22N2O2S. The summed E-state index contributed by atoms with van der Waals surface area (Å²) in [6.45, 7) is 8.34. The normalized spacial score (nSPS) is 44.7. The van der Waals surface area contributed by atoms with Crippen molar-refractivity contribution < 1.29 is 8.42 Å². The van der Waals surface area contributed by atoms with Gasteiger partial charge in [-0.05, 0) is 27.2 Å². The van der Waals surface area contributed by atoms with Gasteiger partial charge in [-0.2, -0.15) is 0 Å². The Morgan fingerprint density at radius 3 is 2.62 bits per heavy atom. The summed E-state index contributed by atoms with van der Waals surface area (Å²) in [5.41, 5.74) is -0.144. The molecule has 2 fully saturated rings. The molecule has 0 aromatic carbocycles. The van der Waals surface area contributed by atoms with Crippen LogP contribution in [0.15, 0.2) is 0 Å². The van der Waals surface area contributed by atoms with Gasteiger partial charge in [-0.25, -0.2) is 8.42 Å². The Kier molecular flexibility index (Phi) is 3.05. The zero-order valence-electron chi connectivity index (χ0n) is 10.4. The third-order valence-electron chi connectivity index (χ3n) is 3.94. The van der Waals surface area contributed by atoms with Crippen molar-refractivity contribution in [2.75, 3.05) is 24.6 Å². The van der Waals surface area contributed by atoms with E-state index < -0.39 is 9.84 Å². The quantitative estimate of drug-likeness (QED) is 0.720. The number of sulfone groups is 1. The zero-order valence-corrected chi connectivity index (χ0v) is 11.2. The number of hydrogen-bond acceptors (Lipinski definition) is 4. The van der Waals surface area contributed by atoms with Crippen molar-refractivity contribution in [1.82, 2.24) is 10.2 Å². The van der Waals surface area contributed by atoms with Crippen LogP contribution in [-0.2, 0) is 9.84 Å². The monoisotopic (exact) mass is 246 g/mol. The summed E-state index contributed by atoms with van der Waals surface area (Å²) < 4.78 is 23.3. The Morgan fingerprint density at radius 1 is 1.38 bits per heavy atom. The average Bonchev–Trinajstić information content (AvgIpc) is 2.46. The van der Waals surface area contributed by atoms with Gasteiger partial charge in [-0.1, -0.05) is 0 Å². The molecule has 1 N–H and O–H groups in total. The molecule has 2 heterocycles. The summed E-state index contributed by atoms with van der Waals surface area (Å²) in [4.78, 5) is 2.39. The van der Waals surface area contributed by atoms with E-state index in [4.69, 9.17) is 0 Å². The predicted molar refractivity (Wildman–Crippen MR) is 65.3 cm³/mol. The van der Waals surface area contributed by atoms with Gasteiger partial charge in [-0.15, -0.1) is 0 Å². The molecule has 3 unspecified atom stereocenters. The van der Waals surface area contributed by atoms with E-state index >= 15 is 0 Å². The molecule has 0 amide bonds. The Balaban J connectivity index is 2.17. The lowest BCUT2D eigenvalue weighted by atomic mass is 9.95. The van der Waals surface area contributed by atoms with Crippen molar-refractivity contribution in [1.29, 1.82) is 0 Å². The molecule has 2 aliphatic heterocycles. The Labute approximate surface area is 98.3 Å². The van der Waals surface area contributed by atoms with E-state index in [0.29, 0.717) is 23.6 Å². The van der Waals surface area contributed by atoms with Crippen LogP contribution in [0.2, 0.25) is 0 Å². The van der Waals surface area contributed by atoms with Crippen LogP contribution in [0.5, 0.6) is 0 Å². The highest BCUT2D eigenvalue weighted by atomic mass is 32.2. The number of nitrogens with zero attached hydrogens (tertiary/aromatic N) is 1. The van der Waals surface area contributed by atoms with Crippen molar-refractivity contribution in [3.05, 3.63) is 0 Å². The lowest BCUT2D eigenvalue weighted by molar-refractivity contribution is 0.0460. The van der Waals surface area contributed by atoms with E-state index in [-0.39, 0.29) is 5.54 Å². The molecule has 2 rings (SSSR count). The Hall–Kier alpha value is -0.130. The second kappa shape index (κ2) is 3.96. The fraction of sp³-hybridized carbons (Fsp3) is 1.00. The second-order valence-electron chi connectivity index (χ2n) is 5.65. The predicted octanol–water partition coefficient (Wildman–Crippen LogP) is 0.246. The van der Waals surface area contributed by atoms with Crippen LogP contribution >= 0.6 is 0 Å². The highest BCUT2D eigenvalue weighted by molar-refractivity contribution is 7.91. The first-order valence-corrected chi connectivity index (χ1v) is 7.85. The molecule has 0 bridgehead atoms. The van der Waals surface area contributed by atoms with Crippen molar-refractivity contribution in [3.8, 4) is 0 Å². The molecule has 2 saturated heterocycles. The van der Waals surface area contributed by atoms with E-state index in [1.165, 1.54) is 0 Å². The van der Waals surface area contributed by atoms with Crippen LogP contribution < -0.4 is 5.32 Å². The summed E-state index contributed by atoms with van der Waals surface area (Å²) in [5, 5.41) is 3.43. The molecule has 0 aliphatic carbocycles. The first-order valence-electron chi connectivity index (χ1n) is 6.03. The van der Waals surface area contributed by atoms with Crippen LogP contribution in [0.4, 0.5) is 0 Å². The van der Waals surface area contributed by atoms with Crippen molar-refractivity contribution in [2.24, 2.45) is 0 Å². The molecule has 3 atom stereocenters. The Bertz CT molecular complexity index is 368. The summed E-state index contributed by atoms with van der Waals surface area (Å²) in [5.74, 6) is 0.686. The zero-order chi connectivity index (χ0) is 12.0. The fourth-order valence-corrected chi connectivity index (χ4v) is 5.15. The van der Waals surface area contributed by atoms with Crippen molar-refractivity contribution >= 4 is 9.84 Å². The third-order valence-corrected chi connectivity index (χ3v) is 5.83. The van der Waals surface area contributed by atoms with E-state index in [0.717, 1.165) is 19.5 Å². The number of nitrogens with one attached hydrogen (secondary N) is 1. The molecule has 94 valence electrons. The topological polar surface area (TPSA) is 49.4 Å². The summed E-state index contributed by atoms with van der Waals surface area (Å²) in [6, 6.07) is 0.880. The maximum absolute atomic E-state index is 11.6. The number of rotatable bonds is 1. The lowest BCUT2D eigenvalue weighted by Crippen LogP contribution is -2.62. The SMILES string of the molecule is CC1CN(C2(C)CCS(=O)(=O)C2)C(C)CN1. The average molecular weight is 246 g/mol. The van der Waals surface area contributed by atoms with Gasteiger partial charge in [0.25, 0.3) is 0 Å². The van der Waals surface area contributed by atoms with Crippen LogP contribution in [0.3, 0.4) is 0 Å². The van der Waals surface area contributed by atoms with Gasteiger partial charge in [-0.3, -0.25) is 4.90 Å². The molecule has 16 heavy (non-hydrogen) atoms. The van der Waals surface area contributed by atoms with E-state index in [1.54, 1.807) is 0 Å². The smallest absolute Gasteiger partial charge is 0.152 e. The first kappa shape index (κ1) is 12.3. The highest BCUT2D eigenvalue weighted by Gasteiger charge is 2.45. The van der Waals surface area contributed by atoms with Crippen molar-refractivity contribution in [2.45, 2.75) is 44.8 Å². The molecule has 0 radical (unpaired) electrons. The van der Waals surface area contributed by atoms with Gasteiger partial charge >= 0.3 is 0 Å². The largest absolute Gasteiger partial charge is 0.311 e. The Morgan fingerprint density at radius 2 is 2.06 bits per heavy atom. The standard InChI is InChI=1S/C11H22N2O2S/c1-9-7-13(10(2)6-12-9)11(3)4-5-16(14,15)8-11/h9-10,12H,4-8H2,1-3H3. The highest BCUT2D eigenvalue weighted by Crippen LogP contribution is 2.32. The van der Waals surface area contributed by atoms with Crippen LogP contribution in [-0.4, -0.2) is 55.5 Å². The van der Waals surface area contributed by atoms with E-state index in [2.05, 4.69) is 31.0 Å². The van der Waals surface area contributed by atoms with Crippen LogP contribution in [0.1, 0.15) is 27.2 Å². The summed E-state index contributed by atoms with van der Waals surface area (Å²) >= 11 is 0. The summed E-state index contributed by atoms with van der Waals surface area (Å²) in [7, 11) is -2.81. The fourth-order valence-electron chi connectivity index (χ4n) is 2.99. The summed E-state index contributed by atoms with van der Waals surface area (Å²) in [6.07, 6.45) is 0.784. The number of piperazine rings is 1. The molecule has 0 aromatic heterocycles. The maximum Gasteiger partial charge on any atom is 0.152 e. The first-order chi connectivity index (χ1) is 7.32. The minimum Gasteiger partial charge on any atom is -0.311 e. The minimum absolute atomic E-state index is 0.144. The molecule has 2 aliphatic rings. The molecule has 5 heteroatoms. The van der Waals surface area contributed by atoms with Gasteiger partial charge < -0.3 is 5.32 Å². The molecule has 4 nitrogen and oxygen atoms in total. The minimum atomic E-state index is -2.81. The van der Waals surface area contributed by atoms with Gasteiger partial charge in [0.1, 0.15) is 0 Å². The third kappa shape index (κ3) is 2.26. The molecule has 0 saturated carbocycles. The van der Waals surface area contributed by atoms with Crippen molar-refractivity contribution in [3.63, 3.8) is 0 Å².